The molecule has 0 heterocycles. The minimum absolute atomic E-state index is 0.190. The van der Waals surface area contributed by atoms with Crippen molar-refractivity contribution in [2.75, 3.05) is 12.4 Å². The van der Waals surface area contributed by atoms with E-state index in [0.717, 1.165) is 11.1 Å². The Morgan fingerprint density at radius 2 is 2.19 bits per heavy atom. The summed E-state index contributed by atoms with van der Waals surface area (Å²) in [6.07, 6.45) is 0. The molecule has 0 spiro atoms. The molecule has 0 bridgehead atoms. The summed E-state index contributed by atoms with van der Waals surface area (Å²) >= 11 is 1.49. The van der Waals surface area contributed by atoms with Crippen LogP contribution in [0.15, 0.2) is 18.2 Å². The number of thioether (sulfide) groups is 1. The van der Waals surface area contributed by atoms with E-state index in [9.17, 15) is 9.90 Å². The van der Waals surface area contributed by atoms with Crippen molar-refractivity contribution in [2.24, 2.45) is 0 Å². The second kappa shape index (κ2) is 6.43. The molecule has 0 fully saturated rings. The Bertz CT molecular complexity index is 343. The van der Waals surface area contributed by atoms with Crippen LogP contribution < -0.4 is 0 Å². The number of hydrogen-bond acceptors (Lipinski definition) is 4. The number of aryl methyl sites for hydroxylation is 1. The smallest absolute Gasteiger partial charge is 0.315 e. The van der Waals surface area contributed by atoms with Gasteiger partial charge in [0.1, 0.15) is 5.75 Å². The molecule has 1 aromatic rings. The van der Waals surface area contributed by atoms with E-state index in [1.165, 1.54) is 11.8 Å². The summed E-state index contributed by atoms with van der Waals surface area (Å²) in [4.78, 5) is 11.1. The molecule has 0 aliphatic heterocycles. The Morgan fingerprint density at radius 1 is 1.44 bits per heavy atom. The van der Waals surface area contributed by atoms with Crippen LogP contribution in [0.1, 0.15) is 18.1 Å². The Kier molecular flexibility index (Phi) is 5.19. The van der Waals surface area contributed by atoms with Crippen molar-refractivity contribution in [3.63, 3.8) is 0 Å². The number of benzene rings is 1. The molecule has 88 valence electrons. The first-order chi connectivity index (χ1) is 7.61. The van der Waals surface area contributed by atoms with Gasteiger partial charge in [0.15, 0.2) is 0 Å². The number of carbonyl (C=O) groups excluding carboxylic acids is 1. The Balaban J connectivity index is 2.40. The third-order valence-corrected chi connectivity index (χ3v) is 2.89. The van der Waals surface area contributed by atoms with Crippen molar-refractivity contribution in [2.45, 2.75) is 19.6 Å². The van der Waals surface area contributed by atoms with Gasteiger partial charge < -0.3 is 9.84 Å². The highest BCUT2D eigenvalue weighted by atomic mass is 32.2. The maximum atomic E-state index is 11.1. The van der Waals surface area contributed by atoms with E-state index in [0.29, 0.717) is 18.1 Å². The van der Waals surface area contributed by atoms with Gasteiger partial charge in [0.25, 0.3) is 0 Å². The quantitative estimate of drug-likeness (QED) is 0.803. The first-order valence-corrected chi connectivity index (χ1v) is 6.30. The minimum Gasteiger partial charge on any atom is -0.508 e. The van der Waals surface area contributed by atoms with Gasteiger partial charge in [-0.2, -0.15) is 0 Å². The lowest BCUT2D eigenvalue weighted by molar-refractivity contribution is -0.139. The highest BCUT2D eigenvalue weighted by Crippen LogP contribution is 2.19. The van der Waals surface area contributed by atoms with Crippen LogP contribution in [0.25, 0.3) is 0 Å². The van der Waals surface area contributed by atoms with Crippen LogP contribution in [0.2, 0.25) is 0 Å². The summed E-state index contributed by atoms with van der Waals surface area (Å²) in [7, 11) is 0. The lowest BCUT2D eigenvalue weighted by Crippen LogP contribution is -2.06. The van der Waals surface area contributed by atoms with Crippen molar-refractivity contribution in [1.82, 2.24) is 0 Å². The molecule has 0 radical (unpaired) electrons. The van der Waals surface area contributed by atoms with Crippen LogP contribution in [-0.4, -0.2) is 23.4 Å². The van der Waals surface area contributed by atoms with Crippen LogP contribution in [0.3, 0.4) is 0 Å². The first-order valence-electron chi connectivity index (χ1n) is 5.14. The molecule has 3 nitrogen and oxygen atoms in total. The summed E-state index contributed by atoms with van der Waals surface area (Å²) in [5.74, 6) is 1.13. The standard InChI is InChI=1S/C12H16O3S/c1-3-15-12(14)8-16-7-10-4-9(2)5-11(13)6-10/h4-6,13H,3,7-8H2,1-2H3. The van der Waals surface area contributed by atoms with Gasteiger partial charge in [-0.3, -0.25) is 4.79 Å². The summed E-state index contributed by atoms with van der Waals surface area (Å²) in [6, 6.07) is 5.42. The zero-order valence-corrected chi connectivity index (χ0v) is 10.3. The maximum Gasteiger partial charge on any atom is 0.315 e. The summed E-state index contributed by atoms with van der Waals surface area (Å²) in [5.41, 5.74) is 2.04. The van der Waals surface area contributed by atoms with Gasteiger partial charge in [-0.25, -0.2) is 0 Å². The molecule has 0 aliphatic carbocycles. The van der Waals surface area contributed by atoms with Crippen molar-refractivity contribution >= 4 is 17.7 Å². The molecular formula is C12H16O3S. The minimum atomic E-state index is -0.190. The molecular weight excluding hydrogens is 224 g/mol. The number of aromatic hydroxyl groups is 1. The third kappa shape index (κ3) is 4.57. The molecule has 0 saturated heterocycles. The van der Waals surface area contributed by atoms with E-state index in [1.807, 2.05) is 13.0 Å². The van der Waals surface area contributed by atoms with Crippen LogP contribution in [0.4, 0.5) is 0 Å². The fourth-order valence-corrected chi connectivity index (χ4v) is 2.13. The van der Waals surface area contributed by atoms with Gasteiger partial charge >= 0.3 is 5.97 Å². The first kappa shape index (κ1) is 12.9. The average molecular weight is 240 g/mol. The fourth-order valence-electron chi connectivity index (χ4n) is 1.38. The largest absolute Gasteiger partial charge is 0.508 e. The van der Waals surface area contributed by atoms with Crippen LogP contribution in [0, 0.1) is 6.92 Å². The number of esters is 1. The van der Waals surface area contributed by atoms with Gasteiger partial charge in [0.2, 0.25) is 0 Å². The molecule has 16 heavy (non-hydrogen) atoms. The second-order valence-electron chi connectivity index (χ2n) is 3.47. The predicted molar refractivity (Wildman–Crippen MR) is 65.6 cm³/mol. The summed E-state index contributed by atoms with van der Waals surface area (Å²) in [6.45, 7) is 4.14. The molecule has 0 saturated carbocycles. The zero-order valence-electron chi connectivity index (χ0n) is 9.53. The van der Waals surface area contributed by atoms with E-state index in [4.69, 9.17) is 4.74 Å². The molecule has 1 aromatic carbocycles. The van der Waals surface area contributed by atoms with Crippen molar-refractivity contribution < 1.29 is 14.6 Å². The molecule has 0 amide bonds. The number of phenols is 1. The molecule has 1 rings (SSSR count). The SMILES string of the molecule is CCOC(=O)CSCc1cc(C)cc(O)c1. The average Bonchev–Trinajstić information content (AvgIpc) is 2.16. The monoisotopic (exact) mass is 240 g/mol. The molecule has 1 N–H and O–H groups in total. The lowest BCUT2D eigenvalue weighted by atomic mass is 10.1. The van der Waals surface area contributed by atoms with E-state index < -0.39 is 0 Å². The van der Waals surface area contributed by atoms with E-state index in [1.54, 1.807) is 19.1 Å². The van der Waals surface area contributed by atoms with E-state index >= 15 is 0 Å². The Hall–Kier alpha value is -1.16. The van der Waals surface area contributed by atoms with Crippen molar-refractivity contribution in [3.8, 4) is 5.75 Å². The summed E-state index contributed by atoms with van der Waals surface area (Å²) < 4.78 is 4.82. The second-order valence-corrected chi connectivity index (χ2v) is 4.46. The molecule has 0 aromatic heterocycles. The van der Waals surface area contributed by atoms with Gasteiger partial charge in [0.05, 0.1) is 12.4 Å². The van der Waals surface area contributed by atoms with Gasteiger partial charge in [-0.15, -0.1) is 11.8 Å². The van der Waals surface area contributed by atoms with Gasteiger partial charge in [-0.1, -0.05) is 6.07 Å². The van der Waals surface area contributed by atoms with E-state index in [2.05, 4.69) is 0 Å². The number of rotatable bonds is 5. The number of ether oxygens (including phenoxy) is 1. The molecule has 0 aliphatic rings. The van der Waals surface area contributed by atoms with Gasteiger partial charge in [0, 0.05) is 5.75 Å². The maximum absolute atomic E-state index is 11.1. The van der Waals surface area contributed by atoms with Crippen LogP contribution in [-0.2, 0) is 15.3 Å². The number of phenolic OH excluding ortho intramolecular Hbond substituents is 1. The third-order valence-electron chi connectivity index (χ3n) is 1.92. The molecule has 0 atom stereocenters. The topological polar surface area (TPSA) is 46.5 Å². The van der Waals surface area contributed by atoms with Crippen LogP contribution in [0.5, 0.6) is 5.75 Å². The fraction of sp³-hybridized carbons (Fsp3) is 0.417. The van der Waals surface area contributed by atoms with Gasteiger partial charge in [-0.05, 0) is 37.1 Å². The predicted octanol–water partition coefficient (Wildman–Crippen LogP) is 2.50. The number of carbonyl (C=O) groups is 1. The number of hydrogen-bond donors (Lipinski definition) is 1. The Labute approximate surface area is 99.8 Å². The van der Waals surface area contributed by atoms with Crippen molar-refractivity contribution in [1.29, 1.82) is 0 Å². The van der Waals surface area contributed by atoms with Crippen molar-refractivity contribution in [3.05, 3.63) is 29.3 Å². The van der Waals surface area contributed by atoms with E-state index in [-0.39, 0.29) is 11.7 Å². The lowest BCUT2D eigenvalue weighted by Gasteiger charge is -2.04. The molecule has 0 unspecified atom stereocenters. The normalized spacial score (nSPS) is 10.1. The van der Waals surface area contributed by atoms with Crippen LogP contribution >= 0.6 is 11.8 Å². The zero-order chi connectivity index (χ0) is 12.0. The Morgan fingerprint density at radius 3 is 2.81 bits per heavy atom. The summed E-state index contributed by atoms with van der Waals surface area (Å²) in [5, 5.41) is 9.39. The molecule has 4 heteroatoms. The highest BCUT2D eigenvalue weighted by Gasteiger charge is 2.03. The highest BCUT2D eigenvalue weighted by molar-refractivity contribution is 7.99.